The van der Waals surface area contributed by atoms with E-state index >= 15 is 0 Å². The topological polar surface area (TPSA) is 108 Å². The number of aromatic amines is 1. The first-order valence-corrected chi connectivity index (χ1v) is 8.42. The predicted molar refractivity (Wildman–Crippen MR) is 99.9 cm³/mol. The largest absolute Gasteiger partial charge is 0.381 e. The monoisotopic (exact) mass is 371 g/mol. The number of fused-ring (bicyclic) bond motifs is 1. The summed E-state index contributed by atoms with van der Waals surface area (Å²) in [6.45, 7) is 0. The van der Waals surface area contributed by atoms with E-state index in [2.05, 4.69) is 10.3 Å². The van der Waals surface area contributed by atoms with Crippen molar-refractivity contribution in [1.82, 2.24) is 10.3 Å². The Morgan fingerprint density at radius 1 is 1.15 bits per heavy atom. The smallest absolute Gasteiger partial charge is 0.268 e. The number of aliphatic hydroxyl groups excluding tert-OH is 1. The van der Waals surface area contributed by atoms with Crippen LogP contribution >= 0.6 is 11.6 Å². The van der Waals surface area contributed by atoms with Crippen molar-refractivity contribution in [2.75, 3.05) is 0 Å². The second kappa shape index (κ2) is 7.59. The van der Waals surface area contributed by atoms with Crippen LogP contribution in [0.2, 0.25) is 5.02 Å². The molecule has 0 aliphatic carbocycles. The zero-order valence-corrected chi connectivity index (χ0v) is 14.5. The first-order chi connectivity index (χ1) is 12.4. The van der Waals surface area contributed by atoms with Gasteiger partial charge in [-0.3, -0.25) is 9.59 Å². The quantitative estimate of drug-likeness (QED) is 0.532. The zero-order valence-electron chi connectivity index (χ0n) is 13.8. The number of halogens is 1. The Labute approximate surface area is 155 Å². The summed E-state index contributed by atoms with van der Waals surface area (Å²) < 4.78 is 0. The normalized spacial score (nSPS) is 13.3. The Morgan fingerprint density at radius 2 is 1.88 bits per heavy atom. The van der Waals surface area contributed by atoms with Crippen molar-refractivity contribution in [2.24, 2.45) is 5.73 Å². The lowest BCUT2D eigenvalue weighted by Crippen LogP contribution is -2.50. The molecule has 0 fully saturated rings. The van der Waals surface area contributed by atoms with Crippen LogP contribution in [-0.2, 0) is 11.2 Å². The highest BCUT2D eigenvalue weighted by molar-refractivity contribution is 6.31. The summed E-state index contributed by atoms with van der Waals surface area (Å²) in [5.74, 6) is -1.34. The number of carbonyl (C=O) groups excluding carboxylic acids is 2. The minimum Gasteiger partial charge on any atom is -0.381 e. The second-order valence-corrected chi connectivity index (χ2v) is 6.47. The average Bonchev–Trinajstić information content (AvgIpc) is 3.04. The van der Waals surface area contributed by atoms with E-state index in [1.54, 1.807) is 24.3 Å². The molecule has 6 nitrogen and oxygen atoms in total. The molecule has 3 aromatic rings. The molecule has 0 radical (unpaired) electrons. The molecule has 0 spiro atoms. The number of nitrogens with one attached hydrogen (secondary N) is 2. The zero-order chi connectivity index (χ0) is 18.7. The van der Waals surface area contributed by atoms with Crippen LogP contribution in [0.1, 0.15) is 16.1 Å². The van der Waals surface area contributed by atoms with Crippen molar-refractivity contribution in [2.45, 2.75) is 18.6 Å². The van der Waals surface area contributed by atoms with Crippen LogP contribution < -0.4 is 11.1 Å². The van der Waals surface area contributed by atoms with E-state index in [1.165, 1.54) is 0 Å². The Morgan fingerprint density at radius 3 is 2.58 bits per heavy atom. The second-order valence-electron chi connectivity index (χ2n) is 6.03. The van der Waals surface area contributed by atoms with Crippen molar-refractivity contribution in [1.29, 1.82) is 0 Å². The summed E-state index contributed by atoms with van der Waals surface area (Å²) in [5.41, 5.74) is 7.14. The number of primary amides is 1. The van der Waals surface area contributed by atoms with Crippen LogP contribution in [-0.4, -0.2) is 34.1 Å². The third kappa shape index (κ3) is 4.04. The lowest BCUT2D eigenvalue weighted by Gasteiger charge is -2.22. The first kappa shape index (κ1) is 18.0. The molecule has 0 bridgehead atoms. The number of hydrogen-bond acceptors (Lipinski definition) is 3. The van der Waals surface area contributed by atoms with E-state index < -0.39 is 24.0 Å². The Bertz CT molecular complexity index is 940. The molecule has 26 heavy (non-hydrogen) atoms. The van der Waals surface area contributed by atoms with Crippen LogP contribution in [0, 0.1) is 0 Å². The number of rotatable bonds is 6. The number of carbonyl (C=O) groups is 2. The molecule has 5 N–H and O–H groups in total. The number of hydrogen-bond donors (Lipinski definition) is 4. The van der Waals surface area contributed by atoms with E-state index in [4.69, 9.17) is 17.3 Å². The summed E-state index contributed by atoms with van der Waals surface area (Å²) in [7, 11) is 0. The summed E-state index contributed by atoms with van der Waals surface area (Å²) in [4.78, 5) is 27.0. The van der Waals surface area contributed by atoms with Gasteiger partial charge in [0, 0.05) is 15.9 Å². The Hall–Kier alpha value is -2.83. The van der Waals surface area contributed by atoms with Crippen LogP contribution in [0.15, 0.2) is 54.6 Å². The summed E-state index contributed by atoms with van der Waals surface area (Å²) >= 11 is 5.96. The number of aliphatic hydroxyl groups is 1. The molecule has 0 saturated heterocycles. The maximum Gasteiger partial charge on any atom is 0.268 e. The van der Waals surface area contributed by atoms with Crippen LogP contribution in [0.4, 0.5) is 0 Å². The fourth-order valence-corrected chi connectivity index (χ4v) is 2.96. The van der Waals surface area contributed by atoms with Gasteiger partial charge in [0.05, 0.1) is 6.04 Å². The molecular weight excluding hydrogens is 354 g/mol. The minimum absolute atomic E-state index is 0.267. The van der Waals surface area contributed by atoms with Crippen molar-refractivity contribution in [3.05, 3.63) is 70.9 Å². The number of nitrogens with two attached hydrogens (primary N) is 1. The molecule has 7 heteroatoms. The molecule has 2 amide bonds. The van der Waals surface area contributed by atoms with Gasteiger partial charge in [-0.1, -0.05) is 41.9 Å². The predicted octanol–water partition coefficient (Wildman–Crippen LogP) is 2.01. The molecule has 0 saturated carbocycles. The van der Waals surface area contributed by atoms with Crippen LogP contribution in [0.25, 0.3) is 10.9 Å². The maximum absolute atomic E-state index is 12.6. The Kier molecular flexibility index (Phi) is 5.25. The van der Waals surface area contributed by atoms with Gasteiger partial charge in [0.2, 0.25) is 5.91 Å². The minimum atomic E-state index is -1.50. The highest BCUT2D eigenvalue weighted by atomic mass is 35.5. The number of aromatic nitrogens is 1. The fraction of sp³-hybridized carbons (Fsp3) is 0.158. The first-order valence-electron chi connectivity index (χ1n) is 8.04. The van der Waals surface area contributed by atoms with Crippen molar-refractivity contribution in [3.63, 3.8) is 0 Å². The van der Waals surface area contributed by atoms with Gasteiger partial charge in [-0.15, -0.1) is 0 Å². The molecular formula is C19H18ClN3O3. The van der Waals surface area contributed by atoms with Crippen LogP contribution in [0.3, 0.4) is 0 Å². The molecule has 2 aromatic carbocycles. The van der Waals surface area contributed by atoms with Crippen LogP contribution in [0.5, 0.6) is 0 Å². The average molecular weight is 372 g/mol. The molecule has 1 heterocycles. The third-order valence-electron chi connectivity index (χ3n) is 4.11. The van der Waals surface area contributed by atoms with E-state index in [1.807, 2.05) is 30.3 Å². The number of H-pyrrole nitrogens is 1. The van der Waals surface area contributed by atoms with Gasteiger partial charge < -0.3 is 21.1 Å². The maximum atomic E-state index is 12.6. The molecule has 1 aromatic heterocycles. The van der Waals surface area contributed by atoms with E-state index in [0.29, 0.717) is 10.7 Å². The van der Waals surface area contributed by atoms with Gasteiger partial charge in [0.15, 0.2) is 6.10 Å². The van der Waals surface area contributed by atoms with Crippen molar-refractivity contribution >= 4 is 34.3 Å². The van der Waals surface area contributed by atoms with Crippen molar-refractivity contribution in [3.8, 4) is 0 Å². The van der Waals surface area contributed by atoms with E-state index in [0.717, 1.165) is 16.5 Å². The van der Waals surface area contributed by atoms with Gasteiger partial charge in [-0.05, 0) is 36.2 Å². The van der Waals surface area contributed by atoms with Gasteiger partial charge in [-0.2, -0.15) is 0 Å². The molecule has 0 aliphatic rings. The molecule has 2 atom stereocenters. The Balaban J connectivity index is 1.82. The van der Waals surface area contributed by atoms with Gasteiger partial charge in [0.25, 0.3) is 5.91 Å². The van der Waals surface area contributed by atoms with Gasteiger partial charge in [0.1, 0.15) is 5.69 Å². The fourth-order valence-electron chi connectivity index (χ4n) is 2.78. The highest BCUT2D eigenvalue weighted by Gasteiger charge is 2.27. The standard InChI is InChI=1S/C19H18ClN3O3/c20-13-6-7-14-12(9-13)10-16(22-14)19(26)23-15(17(24)18(21)25)8-11-4-2-1-3-5-11/h1-7,9-10,15,17,22,24H,8H2,(H2,21,25)(H,23,26)/t15-,17+/m0/s1. The highest BCUT2D eigenvalue weighted by Crippen LogP contribution is 2.20. The molecule has 0 unspecified atom stereocenters. The summed E-state index contributed by atoms with van der Waals surface area (Å²) in [6.07, 6.45) is -1.24. The summed E-state index contributed by atoms with van der Waals surface area (Å²) in [5, 5.41) is 14.1. The molecule has 134 valence electrons. The van der Waals surface area contributed by atoms with Crippen molar-refractivity contribution < 1.29 is 14.7 Å². The lowest BCUT2D eigenvalue weighted by molar-refractivity contribution is -0.127. The van der Waals surface area contributed by atoms with E-state index in [9.17, 15) is 14.7 Å². The SMILES string of the molecule is NC(=O)[C@H](O)[C@H](Cc1ccccc1)NC(=O)c1cc2cc(Cl)ccc2[nH]1. The lowest BCUT2D eigenvalue weighted by atomic mass is 10.0. The molecule has 3 rings (SSSR count). The van der Waals surface area contributed by atoms with Gasteiger partial charge in [-0.25, -0.2) is 0 Å². The van der Waals surface area contributed by atoms with Gasteiger partial charge >= 0.3 is 0 Å². The van der Waals surface area contributed by atoms with E-state index in [-0.39, 0.29) is 6.42 Å². The summed E-state index contributed by atoms with van der Waals surface area (Å²) in [6, 6.07) is 15.3. The number of benzene rings is 2. The third-order valence-corrected chi connectivity index (χ3v) is 4.35. The number of amides is 2. The molecule has 0 aliphatic heterocycles.